The topological polar surface area (TPSA) is 90.7 Å². The number of likely N-dealkylation sites (N-methyl/N-ethyl adjacent to an activating group) is 1. The normalized spacial score (nSPS) is 11.5. The van der Waals surface area contributed by atoms with Gasteiger partial charge in [0.05, 0.1) is 12.2 Å². The lowest BCUT2D eigenvalue weighted by atomic mass is 10.2. The molecule has 0 aliphatic rings. The van der Waals surface area contributed by atoms with E-state index in [0.29, 0.717) is 12.2 Å². The predicted molar refractivity (Wildman–Crippen MR) is 99.3 cm³/mol. The zero-order valence-corrected chi connectivity index (χ0v) is 14.8. The minimum atomic E-state index is -0.683. The Morgan fingerprint density at radius 1 is 1.24 bits per heavy atom. The van der Waals surface area contributed by atoms with E-state index in [1.807, 2.05) is 19.1 Å². The summed E-state index contributed by atoms with van der Waals surface area (Å²) in [5, 5.41) is 10.5. The summed E-state index contributed by atoms with van der Waals surface area (Å²) < 4.78 is 1.09. The Kier molecular flexibility index (Phi) is 6.30. The molecule has 0 atom stereocenters. The second kappa shape index (κ2) is 8.43. The molecule has 0 aliphatic heterocycles. The van der Waals surface area contributed by atoms with Crippen molar-refractivity contribution < 1.29 is 5.11 Å². The van der Waals surface area contributed by atoms with E-state index in [1.54, 1.807) is 12.1 Å². The average Bonchev–Trinajstić information content (AvgIpc) is 2.59. The highest BCUT2D eigenvalue weighted by Gasteiger charge is 2.15. The number of hydrogen-bond acceptors (Lipinski definition) is 5. The molecule has 0 unspecified atom stereocenters. The summed E-state index contributed by atoms with van der Waals surface area (Å²) in [5.74, 6) is -0.408. The molecule has 0 radical (unpaired) electrons. The molecule has 0 bridgehead atoms. The lowest BCUT2D eigenvalue weighted by molar-refractivity contribution is 0.313. The lowest BCUT2D eigenvalue weighted by Gasteiger charge is -2.15. The summed E-state index contributed by atoms with van der Waals surface area (Å²) in [6, 6.07) is 7.12. The van der Waals surface area contributed by atoms with Gasteiger partial charge in [-0.2, -0.15) is 0 Å². The molecule has 1 aromatic heterocycles. The van der Waals surface area contributed by atoms with Crippen LogP contribution in [-0.2, 0) is 0 Å². The zero-order valence-electron chi connectivity index (χ0n) is 14.8. The van der Waals surface area contributed by atoms with E-state index in [-0.39, 0.29) is 5.56 Å². The first kappa shape index (κ1) is 18.7. The van der Waals surface area contributed by atoms with Crippen LogP contribution < -0.4 is 11.2 Å². The molecule has 1 aromatic carbocycles. The van der Waals surface area contributed by atoms with Crippen molar-refractivity contribution in [1.82, 2.24) is 14.5 Å². The number of H-pyrrole nitrogens is 1. The molecule has 2 rings (SSSR count). The van der Waals surface area contributed by atoms with Crippen LogP contribution in [0.2, 0.25) is 0 Å². The Hall–Kier alpha value is -2.67. The first-order chi connectivity index (χ1) is 12.0. The third-order valence-corrected chi connectivity index (χ3v) is 4.14. The molecule has 0 fully saturated rings. The molecule has 2 aromatic rings. The maximum atomic E-state index is 12.2. The van der Waals surface area contributed by atoms with Crippen LogP contribution in [0.15, 0.2) is 38.8 Å². The van der Waals surface area contributed by atoms with Gasteiger partial charge in [-0.1, -0.05) is 32.0 Å². The van der Waals surface area contributed by atoms with E-state index in [4.69, 9.17) is 0 Å². The minimum absolute atomic E-state index is 0.0256. The van der Waals surface area contributed by atoms with Gasteiger partial charge in [0.1, 0.15) is 5.56 Å². The van der Waals surface area contributed by atoms with E-state index >= 15 is 0 Å². The number of aryl methyl sites for hydroxylation is 1. The van der Waals surface area contributed by atoms with Crippen LogP contribution in [0.1, 0.15) is 25.0 Å². The van der Waals surface area contributed by atoms with E-state index in [1.165, 1.54) is 6.21 Å². The zero-order chi connectivity index (χ0) is 18.4. The quantitative estimate of drug-likeness (QED) is 0.741. The van der Waals surface area contributed by atoms with Gasteiger partial charge < -0.3 is 10.0 Å². The Morgan fingerprint density at radius 2 is 1.92 bits per heavy atom. The van der Waals surface area contributed by atoms with Gasteiger partial charge >= 0.3 is 5.69 Å². The van der Waals surface area contributed by atoms with Gasteiger partial charge in [-0.05, 0) is 31.6 Å². The molecular formula is C18H24N4O3. The van der Waals surface area contributed by atoms with Crippen molar-refractivity contribution in [3.8, 4) is 11.6 Å². The number of hydrogen-bond donors (Lipinski definition) is 2. The Balaban J connectivity index is 2.37. The fourth-order valence-corrected chi connectivity index (χ4v) is 2.59. The molecule has 134 valence electrons. The standard InChI is InChI=1S/C18H24N4O3/c1-4-21(5-2)11-10-19-12-14-16(23)20-18(25)22(17(14)24)15-9-7-6-8-13(15)3/h6-9,12,24H,4-5,10-11H2,1-3H3,(H,20,23,25). The van der Waals surface area contributed by atoms with Crippen LogP contribution >= 0.6 is 0 Å². The molecule has 2 N–H and O–H groups in total. The van der Waals surface area contributed by atoms with Crippen molar-refractivity contribution in [2.45, 2.75) is 20.8 Å². The summed E-state index contributed by atoms with van der Waals surface area (Å²) in [6.45, 7) is 9.09. The third kappa shape index (κ3) is 4.24. The molecule has 0 saturated carbocycles. The molecule has 0 spiro atoms. The monoisotopic (exact) mass is 344 g/mol. The number of aromatic hydroxyl groups is 1. The third-order valence-electron chi connectivity index (χ3n) is 4.14. The predicted octanol–water partition coefficient (Wildman–Crippen LogP) is 1.30. The van der Waals surface area contributed by atoms with Crippen molar-refractivity contribution in [1.29, 1.82) is 0 Å². The van der Waals surface area contributed by atoms with Crippen molar-refractivity contribution in [3.63, 3.8) is 0 Å². The first-order valence-corrected chi connectivity index (χ1v) is 8.36. The maximum Gasteiger partial charge on any atom is 0.335 e. The van der Waals surface area contributed by atoms with Crippen molar-refractivity contribution in [2.24, 2.45) is 4.99 Å². The van der Waals surface area contributed by atoms with Crippen LogP contribution in [0.5, 0.6) is 5.88 Å². The SMILES string of the molecule is CCN(CC)CCN=Cc1c(O)n(-c2ccccc2C)c(=O)[nH]c1=O. The summed E-state index contributed by atoms with van der Waals surface area (Å²) in [7, 11) is 0. The summed E-state index contributed by atoms with van der Waals surface area (Å²) >= 11 is 0. The van der Waals surface area contributed by atoms with E-state index in [9.17, 15) is 14.7 Å². The molecule has 7 nitrogen and oxygen atoms in total. The van der Waals surface area contributed by atoms with Crippen molar-refractivity contribution >= 4 is 6.21 Å². The fourth-order valence-electron chi connectivity index (χ4n) is 2.59. The number of nitrogens with one attached hydrogen (secondary N) is 1. The van der Waals surface area contributed by atoms with Gasteiger partial charge in [0.15, 0.2) is 0 Å². The highest BCUT2D eigenvalue weighted by Crippen LogP contribution is 2.18. The van der Waals surface area contributed by atoms with Gasteiger partial charge in [0, 0.05) is 12.8 Å². The molecular weight excluding hydrogens is 320 g/mol. The average molecular weight is 344 g/mol. The summed E-state index contributed by atoms with van der Waals surface area (Å²) in [5.41, 5.74) is -0.0474. The highest BCUT2D eigenvalue weighted by atomic mass is 16.3. The van der Waals surface area contributed by atoms with Gasteiger partial charge in [0.25, 0.3) is 5.56 Å². The Bertz CT molecular complexity index is 863. The number of aromatic amines is 1. The summed E-state index contributed by atoms with van der Waals surface area (Å²) in [4.78, 5) is 32.9. The second-order valence-electron chi connectivity index (χ2n) is 5.68. The fraction of sp³-hybridized carbons (Fsp3) is 0.389. The maximum absolute atomic E-state index is 12.2. The van der Waals surface area contributed by atoms with Crippen LogP contribution in [-0.4, -0.2) is 52.0 Å². The van der Waals surface area contributed by atoms with Crippen LogP contribution in [0.3, 0.4) is 0 Å². The molecule has 0 saturated heterocycles. The number of nitrogens with zero attached hydrogens (tertiary/aromatic N) is 3. The molecule has 7 heteroatoms. The molecule has 1 heterocycles. The van der Waals surface area contributed by atoms with E-state index < -0.39 is 17.1 Å². The molecule has 25 heavy (non-hydrogen) atoms. The Morgan fingerprint density at radius 3 is 2.56 bits per heavy atom. The number of rotatable bonds is 7. The number of aliphatic imine (C=N–C) groups is 1. The smallest absolute Gasteiger partial charge is 0.335 e. The highest BCUT2D eigenvalue weighted by molar-refractivity contribution is 5.82. The molecule has 0 amide bonds. The largest absolute Gasteiger partial charge is 0.493 e. The van der Waals surface area contributed by atoms with E-state index in [0.717, 1.165) is 29.8 Å². The molecule has 0 aliphatic carbocycles. The number of benzene rings is 1. The second-order valence-corrected chi connectivity index (χ2v) is 5.68. The van der Waals surface area contributed by atoms with Gasteiger partial charge in [0.2, 0.25) is 5.88 Å². The summed E-state index contributed by atoms with van der Waals surface area (Å²) in [6.07, 6.45) is 1.33. The van der Waals surface area contributed by atoms with Crippen LogP contribution in [0, 0.1) is 6.92 Å². The van der Waals surface area contributed by atoms with Crippen LogP contribution in [0.4, 0.5) is 0 Å². The van der Waals surface area contributed by atoms with Crippen molar-refractivity contribution in [2.75, 3.05) is 26.2 Å². The van der Waals surface area contributed by atoms with Gasteiger partial charge in [-0.3, -0.25) is 14.8 Å². The first-order valence-electron chi connectivity index (χ1n) is 8.36. The van der Waals surface area contributed by atoms with E-state index in [2.05, 4.69) is 28.7 Å². The lowest BCUT2D eigenvalue weighted by Crippen LogP contribution is -2.31. The van der Waals surface area contributed by atoms with Gasteiger partial charge in [-0.15, -0.1) is 0 Å². The number of aromatic nitrogens is 2. The minimum Gasteiger partial charge on any atom is -0.493 e. The van der Waals surface area contributed by atoms with Gasteiger partial charge in [-0.25, -0.2) is 9.36 Å². The Labute approximate surface area is 146 Å². The van der Waals surface area contributed by atoms with Crippen molar-refractivity contribution in [3.05, 3.63) is 56.2 Å². The van der Waals surface area contributed by atoms with Crippen LogP contribution in [0.25, 0.3) is 5.69 Å². The number of para-hydroxylation sites is 1.